The molecule has 1 aliphatic carbocycles. The van der Waals surface area contributed by atoms with Crippen molar-refractivity contribution >= 4 is 21.6 Å². The number of sulfonamides is 1. The van der Waals surface area contributed by atoms with Crippen LogP contribution >= 0.6 is 0 Å². The zero-order chi connectivity index (χ0) is 19.1. The molecular weight excluding hydrogens is 362 g/mol. The van der Waals surface area contributed by atoms with Crippen LogP contribution in [0.1, 0.15) is 56.9 Å². The molecule has 144 valence electrons. The quantitative estimate of drug-likeness (QED) is 0.795. The highest BCUT2D eigenvalue weighted by Crippen LogP contribution is 2.50. The summed E-state index contributed by atoms with van der Waals surface area (Å²) in [6.45, 7) is 1.50. The van der Waals surface area contributed by atoms with Gasteiger partial charge < -0.3 is 4.90 Å². The van der Waals surface area contributed by atoms with Gasteiger partial charge in [0.05, 0.1) is 22.8 Å². The molecule has 7 heteroatoms. The molecule has 1 saturated carbocycles. The number of anilines is 1. The molecule has 0 N–H and O–H groups in total. The summed E-state index contributed by atoms with van der Waals surface area (Å²) in [5.74, 6) is 0.0446. The molecule has 1 spiro atoms. The second kappa shape index (κ2) is 6.92. The lowest BCUT2D eigenvalue weighted by Crippen LogP contribution is -2.42. The van der Waals surface area contributed by atoms with Crippen molar-refractivity contribution in [1.82, 2.24) is 4.31 Å². The summed E-state index contributed by atoms with van der Waals surface area (Å²) in [5.41, 5.74) is 1.03. The average Bonchev–Trinajstić information content (AvgIpc) is 3.30. The van der Waals surface area contributed by atoms with E-state index in [1.165, 1.54) is 0 Å². The molecule has 1 aromatic rings. The maximum atomic E-state index is 13.3. The Morgan fingerprint density at radius 2 is 1.78 bits per heavy atom. The molecule has 0 unspecified atom stereocenters. The van der Waals surface area contributed by atoms with E-state index in [0.29, 0.717) is 24.5 Å². The first-order chi connectivity index (χ1) is 13.0. The second-order valence-corrected chi connectivity index (χ2v) is 9.74. The fourth-order valence-corrected chi connectivity index (χ4v) is 6.42. The first-order valence-corrected chi connectivity index (χ1v) is 11.3. The molecule has 1 saturated heterocycles. The van der Waals surface area contributed by atoms with E-state index in [1.54, 1.807) is 27.4 Å². The van der Waals surface area contributed by atoms with E-state index in [4.69, 9.17) is 5.26 Å². The molecule has 1 aromatic carbocycles. The van der Waals surface area contributed by atoms with Crippen LogP contribution in [0.15, 0.2) is 23.1 Å². The monoisotopic (exact) mass is 387 g/mol. The van der Waals surface area contributed by atoms with Gasteiger partial charge in [0.15, 0.2) is 0 Å². The molecule has 27 heavy (non-hydrogen) atoms. The summed E-state index contributed by atoms with van der Waals surface area (Å²) in [7, 11) is -3.52. The smallest absolute Gasteiger partial charge is 0.243 e. The van der Waals surface area contributed by atoms with Crippen LogP contribution < -0.4 is 4.90 Å². The van der Waals surface area contributed by atoms with E-state index < -0.39 is 15.4 Å². The van der Waals surface area contributed by atoms with E-state index in [2.05, 4.69) is 6.07 Å². The number of hydrogen-bond acceptors (Lipinski definition) is 4. The van der Waals surface area contributed by atoms with E-state index >= 15 is 0 Å². The lowest BCUT2D eigenvalue weighted by atomic mass is 9.70. The van der Waals surface area contributed by atoms with E-state index in [0.717, 1.165) is 56.2 Å². The third-order valence-corrected chi connectivity index (χ3v) is 8.18. The Morgan fingerprint density at radius 3 is 2.44 bits per heavy atom. The Kier molecular flexibility index (Phi) is 4.73. The molecule has 0 atom stereocenters. The molecule has 2 fully saturated rings. The fraction of sp³-hybridized carbons (Fsp3) is 0.600. The zero-order valence-electron chi connectivity index (χ0n) is 15.5. The van der Waals surface area contributed by atoms with Crippen molar-refractivity contribution < 1.29 is 13.2 Å². The summed E-state index contributed by atoms with van der Waals surface area (Å²) in [5, 5.41) is 8.96. The topological polar surface area (TPSA) is 81.5 Å². The van der Waals surface area contributed by atoms with E-state index in [-0.39, 0.29) is 12.3 Å². The lowest BCUT2D eigenvalue weighted by molar-refractivity contribution is -0.124. The fourth-order valence-electron chi connectivity index (χ4n) is 4.88. The number of amides is 1. The second-order valence-electron chi connectivity index (χ2n) is 7.80. The van der Waals surface area contributed by atoms with Crippen LogP contribution in [0.3, 0.4) is 0 Å². The van der Waals surface area contributed by atoms with Crippen LogP contribution in [-0.2, 0) is 20.2 Å². The number of carbonyl (C=O) groups excluding carboxylic acids is 1. The summed E-state index contributed by atoms with van der Waals surface area (Å²) in [6.07, 6.45) is 6.64. The van der Waals surface area contributed by atoms with Gasteiger partial charge in [-0.2, -0.15) is 9.57 Å². The Morgan fingerprint density at radius 1 is 1.07 bits per heavy atom. The van der Waals surface area contributed by atoms with Crippen molar-refractivity contribution in [3.8, 4) is 6.07 Å². The number of nitriles is 1. The highest BCUT2D eigenvalue weighted by atomic mass is 32.2. The average molecular weight is 388 g/mol. The number of nitrogens with zero attached hydrogens (tertiary/aromatic N) is 3. The molecular formula is C20H25N3O3S. The van der Waals surface area contributed by atoms with Gasteiger partial charge in [-0.15, -0.1) is 0 Å². The SMILES string of the molecule is N#CCCN1C(=O)C2(CCCCC2)c2cc(S(=O)(=O)N3CCCC3)ccc21. The van der Waals surface area contributed by atoms with Gasteiger partial charge in [0, 0.05) is 25.3 Å². The molecule has 6 nitrogen and oxygen atoms in total. The van der Waals surface area contributed by atoms with E-state index in [1.807, 2.05) is 0 Å². The minimum atomic E-state index is -3.52. The zero-order valence-corrected chi connectivity index (χ0v) is 16.3. The number of carbonyl (C=O) groups is 1. The standard InChI is InChI=1S/C20H25N3O3S/c21-11-6-14-23-18-8-7-16(27(25,26)22-12-4-5-13-22)15-17(18)20(19(23)24)9-2-1-3-10-20/h7-8,15H,1-6,9-10,12-14H2. The van der Waals surface area contributed by atoms with Crippen LogP contribution in [0.2, 0.25) is 0 Å². The third-order valence-electron chi connectivity index (χ3n) is 6.29. The number of benzene rings is 1. The minimum absolute atomic E-state index is 0.0446. The molecule has 0 radical (unpaired) electrons. The van der Waals surface area contributed by atoms with Gasteiger partial charge in [0.1, 0.15) is 0 Å². The summed E-state index contributed by atoms with van der Waals surface area (Å²) in [6, 6.07) is 7.26. The van der Waals surface area contributed by atoms with Crippen molar-refractivity contribution in [2.75, 3.05) is 24.5 Å². The molecule has 2 aliphatic heterocycles. The maximum Gasteiger partial charge on any atom is 0.243 e. The largest absolute Gasteiger partial charge is 0.310 e. The van der Waals surface area contributed by atoms with Crippen molar-refractivity contribution in [3.63, 3.8) is 0 Å². The van der Waals surface area contributed by atoms with E-state index in [9.17, 15) is 13.2 Å². The Hall–Kier alpha value is -1.91. The van der Waals surface area contributed by atoms with Gasteiger partial charge in [-0.3, -0.25) is 4.79 Å². The molecule has 4 rings (SSSR count). The predicted octanol–water partition coefficient (Wildman–Crippen LogP) is 2.93. The van der Waals surface area contributed by atoms with Gasteiger partial charge in [0.2, 0.25) is 15.9 Å². The molecule has 3 aliphatic rings. The predicted molar refractivity (Wildman–Crippen MR) is 102 cm³/mol. The molecule has 1 amide bonds. The van der Waals surface area contributed by atoms with Gasteiger partial charge >= 0.3 is 0 Å². The summed E-state index contributed by atoms with van der Waals surface area (Å²) >= 11 is 0. The maximum absolute atomic E-state index is 13.3. The van der Waals surface area contributed by atoms with Gasteiger partial charge in [-0.25, -0.2) is 8.42 Å². The van der Waals surface area contributed by atoms with Crippen LogP contribution in [-0.4, -0.2) is 38.3 Å². The van der Waals surface area contributed by atoms with Crippen LogP contribution in [0.25, 0.3) is 0 Å². The van der Waals surface area contributed by atoms with Gasteiger partial charge in [0.25, 0.3) is 0 Å². The van der Waals surface area contributed by atoms with Crippen LogP contribution in [0.5, 0.6) is 0 Å². The molecule has 2 heterocycles. The highest BCUT2D eigenvalue weighted by Gasteiger charge is 2.51. The lowest BCUT2D eigenvalue weighted by Gasteiger charge is -2.32. The molecule has 0 aromatic heterocycles. The number of hydrogen-bond donors (Lipinski definition) is 0. The summed E-state index contributed by atoms with van der Waals surface area (Å²) in [4.78, 5) is 15.3. The van der Waals surface area contributed by atoms with Crippen molar-refractivity contribution in [3.05, 3.63) is 23.8 Å². The first-order valence-electron chi connectivity index (χ1n) is 9.84. The van der Waals surface area contributed by atoms with Gasteiger partial charge in [-0.1, -0.05) is 19.3 Å². The minimum Gasteiger partial charge on any atom is -0.310 e. The Labute approximate surface area is 160 Å². The number of rotatable bonds is 4. The highest BCUT2D eigenvalue weighted by molar-refractivity contribution is 7.89. The normalized spacial score (nSPS) is 22.2. The van der Waals surface area contributed by atoms with Gasteiger partial charge in [-0.05, 0) is 49.4 Å². The Bertz CT molecular complexity index is 892. The third kappa shape index (κ3) is 2.86. The number of fused-ring (bicyclic) bond motifs is 2. The van der Waals surface area contributed by atoms with Crippen molar-refractivity contribution in [1.29, 1.82) is 5.26 Å². The Balaban J connectivity index is 1.79. The van der Waals surface area contributed by atoms with Crippen molar-refractivity contribution in [2.24, 2.45) is 0 Å². The van der Waals surface area contributed by atoms with Crippen molar-refractivity contribution in [2.45, 2.75) is 61.7 Å². The first kappa shape index (κ1) is 18.5. The van der Waals surface area contributed by atoms with Crippen LogP contribution in [0.4, 0.5) is 5.69 Å². The molecule has 0 bridgehead atoms. The summed E-state index contributed by atoms with van der Waals surface area (Å²) < 4.78 is 27.6. The van der Waals surface area contributed by atoms with Crippen LogP contribution in [0, 0.1) is 11.3 Å².